The van der Waals surface area contributed by atoms with E-state index in [0.717, 1.165) is 101 Å². The van der Waals surface area contributed by atoms with Gasteiger partial charge in [0.05, 0.1) is 25.0 Å². The number of hydrogen-bond acceptors (Lipinski definition) is 5. The second-order valence-corrected chi connectivity index (χ2v) is 15.5. The van der Waals surface area contributed by atoms with Crippen molar-refractivity contribution >= 4 is 11.9 Å². The summed E-state index contributed by atoms with van der Waals surface area (Å²) >= 11 is 0. The minimum atomic E-state index is 0.00949. The van der Waals surface area contributed by atoms with Crippen molar-refractivity contribution in [3.63, 3.8) is 0 Å². The molecule has 1 heterocycles. The SMILES string of the molecule is CCCCCCCC(CCCCCCC)C(=O)OCCCCC#Cc1cncc(C#CCCCCOC(=O)C(CCCCCCC)CCCCCCC)c1. The first-order valence-corrected chi connectivity index (χ1v) is 22.8. The van der Waals surface area contributed by atoms with Crippen LogP contribution in [-0.2, 0) is 19.1 Å². The van der Waals surface area contributed by atoms with Crippen LogP contribution in [0.2, 0.25) is 0 Å². The number of aromatic nitrogens is 1. The fourth-order valence-electron chi connectivity index (χ4n) is 6.86. The van der Waals surface area contributed by atoms with Gasteiger partial charge in [-0.05, 0) is 57.4 Å². The van der Waals surface area contributed by atoms with Crippen LogP contribution >= 0.6 is 0 Å². The van der Waals surface area contributed by atoms with Gasteiger partial charge in [-0.15, -0.1) is 0 Å². The Morgan fingerprint density at radius 2 is 0.815 bits per heavy atom. The van der Waals surface area contributed by atoms with Gasteiger partial charge in [0.2, 0.25) is 0 Å². The molecule has 5 heteroatoms. The summed E-state index contributed by atoms with van der Waals surface area (Å²) in [5.41, 5.74) is 1.73. The van der Waals surface area contributed by atoms with Gasteiger partial charge in [0.1, 0.15) is 0 Å². The van der Waals surface area contributed by atoms with Crippen LogP contribution in [-0.4, -0.2) is 30.1 Å². The number of unbranched alkanes of at least 4 members (excludes halogenated alkanes) is 20. The molecule has 0 spiro atoms. The molecule has 1 aromatic rings. The molecule has 0 aliphatic heterocycles. The zero-order valence-corrected chi connectivity index (χ0v) is 35.6. The van der Waals surface area contributed by atoms with Gasteiger partial charge in [0, 0.05) is 36.4 Å². The molecule has 0 unspecified atom stereocenters. The summed E-state index contributed by atoms with van der Waals surface area (Å²) in [6.45, 7) is 9.92. The van der Waals surface area contributed by atoms with Gasteiger partial charge in [-0.2, -0.15) is 0 Å². The zero-order chi connectivity index (χ0) is 39.2. The second-order valence-electron chi connectivity index (χ2n) is 15.5. The first-order chi connectivity index (χ1) is 26.5. The molecule has 306 valence electrons. The first-order valence-electron chi connectivity index (χ1n) is 22.8. The summed E-state index contributed by atoms with van der Waals surface area (Å²) in [6, 6.07) is 1.99. The van der Waals surface area contributed by atoms with E-state index < -0.39 is 0 Å². The van der Waals surface area contributed by atoms with E-state index in [1.54, 1.807) is 12.4 Å². The Balaban J connectivity index is 2.37. The normalized spacial score (nSPS) is 10.9. The average molecular weight is 748 g/mol. The van der Waals surface area contributed by atoms with Gasteiger partial charge in [0.15, 0.2) is 0 Å². The predicted molar refractivity (Wildman–Crippen MR) is 228 cm³/mol. The van der Waals surface area contributed by atoms with E-state index in [-0.39, 0.29) is 23.8 Å². The Morgan fingerprint density at radius 3 is 1.15 bits per heavy atom. The highest BCUT2D eigenvalue weighted by Crippen LogP contribution is 2.22. The van der Waals surface area contributed by atoms with E-state index in [0.29, 0.717) is 13.2 Å². The molecule has 0 N–H and O–H groups in total. The smallest absolute Gasteiger partial charge is 0.308 e. The van der Waals surface area contributed by atoms with Crippen molar-refractivity contribution in [2.24, 2.45) is 11.8 Å². The van der Waals surface area contributed by atoms with Crippen LogP contribution < -0.4 is 0 Å². The van der Waals surface area contributed by atoms with Crippen molar-refractivity contribution in [3.8, 4) is 23.7 Å². The van der Waals surface area contributed by atoms with Gasteiger partial charge in [0.25, 0.3) is 0 Å². The molecule has 0 aliphatic carbocycles. The standard InChI is InChI=1S/C49H81NO4/c1-5-9-13-17-27-35-46(36-28-18-14-10-6-2)48(51)53-39-31-23-21-25-33-44-41-45(43-50-42-44)34-26-22-24-32-40-54-49(52)47(37-29-19-15-11-7-3)38-30-20-16-12-8-4/h41-43,46-47H,5-24,27-32,35-40H2,1-4H3. The second kappa shape index (κ2) is 37.1. The number of esters is 2. The number of pyridine rings is 1. The third-order valence-electron chi connectivity index (χ3n) is 10.4. The molecule has 0 saturated carbocycles. The van der Waals surface area contributed by atoms with Crippen LogP contribution in [0.25, 0.3) is 0 Å². The minimum absolute atomic E-state index is 0.00949. The molecular weight excluding hydrogens is 667 g/mol. The lowest BCUT2D eigenvalue weighted by Crippen LogP contribution is -2.18. The Bertz CT molecular complexity index is 1060. The van der Waals surface area contributed by atoms with Crippen LogP contribution in [0.4, 0.5) is 0 Å². The van der Waals surface area contributed by atoms with Crippen LogP contribution in [0.5, 0.6) is 0 Å². The molecule has 0 radical (unpaired) electrons. The fourth-order valence-corrected chi connectivity index (χ4v) is 6.86. The number of hydrogen-bond donors (Lipinski definition) is 0. The van der Waals surface area contributed by atoms with Crippen LogP contribution in [0.15, 0.2) is 18.5 Å². The summed E-state index contributed by atoms with van der Waals surface area (Å²) in [7, 11) is 0. The number of carbonyl (C=O) groups excluding carboxylic acids is 2. The van der Waals surface area contributed by atoms with Crippen molar-refractivity contribution in [1.82, 2.24) is 4.98 Å². The molecule has 0 aliphatic rings. The molecule has 0 bridgehead atoms. The van der Waals surface area contributed by atoms with E-state index in [1.165, 1.54) is 103 Å². The van der Waals surface area contributed by atoms with E-state index in [9.17, 15) is 9.59 Å². The maximum atomic E-state index is 12.9. The summed E-state index contributed by atoms with van der Waals surface area (Å²) in [5, 5.41) is 0. The molecule has 54 heavy (non-hydrogen) atoms. The molecule has 0 amide bonds. The minimum Gasteiger partial charge on any atom is -0.465 e. The zero-order valence-electron chi connectivity index (χ0n) is 35.6. The van der Waals surface area contributed by atoms with Gasteiger partial charge in [-0.1, -0.05) is 180 Å². The molecule has 0 aromatic carbocycles. The van der Waals surface area contributed by atoms with Crippen molar-refractivity contribution in [3.05, 3.63) is 29.6 Å². The van der Waals surface area contributed by atoms with Crippen molar-refractivity contribution in [1.29, 1.82) is 0 Å². The Labute approximate surface area is 333 Å². The molecule has 5 nitrogen and oxygen atoms in total. The van der Waals surface area contributed by atoms with E-state index in [1.807, 2.05) is 6.07 Å². The van der Waals surface area contributed by atoms with Crippen molar-refractivity contribution in [2.75, 3.05) is 13.2 Å². The number of nitrogens with zero attached hydrogens (tertiary/aromatic N) is 1. The molecule has 1 aromatic heterocycles. The number of rotatable bonds is 34. The fraction of sp³-hybridized carbons (Fsp3) is 0.776. The molecule has 0 saturated heterocycles. The highest BCUT2D eigenvalue weighted by Gasteiger charge is 2.20. The summed E-state index contributed by atoms with van der Waals surface area (Å²) in [6.07, 6.45) is 37.0. The lowest BCUT2D eigenvalue weighted by molar-refractivity contribution is -0.150. The Hall–Kier alpha value is -2.79. The quantitative estimate of drug-likeness (QED) is 0.0399. The third-order valence-corrected chi connectivity index (χ3v) is 10.4. The highest BCUT2D eigenvalue weighted by atomic mass is 16.5. The van der Waals surface area contributed by atoms with Gasteiger partial charge < -0.3 is 9.47 Å². The van der Waals surface area contributed by atoms with Crippen LogP contribution in [0.3, 0.4) is 0 Å². The van der Waals surface area contributed by atoms with Crippen molar-refractivity contribution in [2.45, 2.75) is 220 Å². The third kappa shape index (κ3) is 28.6. The largest absolute Gasteiger partial charge is 0.465 e. The van der Waals surface area contributed by atoms with Crippen molar-refractivity contribution < 1.29 is 19.1 Å². The van der Waals surface area contributed by atoms with Gasteiger partial charge in [-0.25, -0.2) is 0 Å². The lowest BCUT2D eigenvalue weighted by atomic mass is 9.94. The monoisotopic (exact) mass is 748 g/mol. The Morgan fingerprint density at radius 1 is 0.481 bits per heavy atom. The molecule has 1 rings (SSSR count). The number of ether oxygens (including phenoxy) is 2. The van der Waals surface area contributed by atoms with Crippen LogP contribution in [0.1, 0.15) is 231 Å². The molecular formula is C49H81NO4. The molecule has 0 atom stereocenters. The maximum absolute atomic E-state index is 12.9. The topological polar surface area (TPSA) is 65.5 Å². The maximum Gasteiger partial charge on any atom is 0.308 e. The summed E-state index contributed by atoms with van der Waals surface area (Å²) in [4.78, 5) is 30.1. The van der Waals surface area contributed by atoms with E-state index in [4.69, 9.17) is 9.47 Å². The summed E-state index contributed by atoms with van der Waals surface area (Å²) < 4.78 is 11.5. The van der Waals surface area contributed by atoms with Gasteiger partial charge >= 0.3 is 11.9 Å². The highest BCUT2D eigenvalue weighted by molar-refractivity contribution is 5.72. The van der Waals surface area contributed by atoms with E-state index >= 15 is 0 Å². The number of carbonyl (C=O) groups is 2. The summed E-state index contributed by atoms with van der Waals surface area (Å²) in [5.74, 6) is 13.1. The Kier molecular flexibility index (Phi) is 33.9. The van der Waals surface area contributed by atoms with Crippen LogP contribution in [0, 0.1) is 35.5 Å². The average Bonchev–Trinajstić information content (AvgIpc) is 3.18. The lowest BCUT2D eigenvalue weighted by Gasteiger charge is -2.16. The predicted octanol–water partition coefficient (Wildman–Crippen LogP) is 13.9. The molecule has 0 fully saturated rings. The first kappa shape index (κ1) is 49.2. The van der Waals surface area contributed by atoms with E-state index in [2.05, 4.69) is 56.4 Å². The van der Waals surface area contributed by atoms with Gasteiger partial charge in [-0.3, -0.25) is 14.6 Å².